The average molecular weight is 354 g/mol. The Balaban J connectivity index is 0. The highest BCUT2D eigenvalue weighted by Gasteiger charge is 2.26. The number of nitrogens with zero attached hydrogens (tertiary/aromatic N) is 1. The van der Waals surface area contributed by atoms with Crippen molar-refractivity contribution in [3.8, 4) is 0 Å². The molecule has 0 saturated heterocycles. The van der Waals surface area contributed by atoms with Gasteiger partial charge in [0.1, 0.15) is 0 Å². The molecule has 70 valence electrons. The molecule has 0 bridgehead atoms. The molecule has 0 radical (unpaired) electrons. The van der Waals surface area contributed by atoms with Crippen molar-refractivity contribution in [1.29, 1.82) is 0 Å². The SMILES string of the molecule is CC(Br)(CBr)C[N+](C)(C)C.[Br-]. The third kappa shape index (κ3) is 9.31. The maximum atomic E-state index is 3.65. The van der Waals surface area contributed by atoms with E-state index in [1.54, 1.807) is 0 Å². The highest BCUT2D eigenvalue weighted by atomic mass is 79.9. The van der Waals surface area contributed by atoms with Crippen molar-refractivity contribution < 1.29 is 21.5 Å². The van der Waals surface area contributed by atoms with E-state index in [9.17, 15) is 0 Å². The largest absolute Gasteiger partial charge is 1.00 e. The Kier molecular flexibility index (Phi) is 7.04. The fourth-order valence-corrected chi connectivity index (χ4v) is 1.96. The predicted molar refractivity (Wildman–Crippen MR) is 54.0 cm³/mol. The van der Waals surface area contributed by atoms with Crippen molar-refractivity contribution in [2.75, 3.05) is 33.0 Å². The number of quaternary nitrogens is 1. The Hall–Kier alpha value is 1.40. The first-order chi connectivity index (χ1) is 4.27. The summed E-state index contributed by atoms with van der Waals surface area (Å²) in [6.45, 7) is 3.32. The van der Waals surface area contributed by atoms with Crippen LogP contribution in [0, 0.1) is 0 Å². The van der Waals surface area contributed by atoms with Crippen LogP contribution in [0.2, 0.25) is 0 Å². The van der Waals surface area contributed by atoms with Gasteiger partial charge in [0.15, 0.2) is 0 Å². The van der Waals surface area contributed by atoms with Gasteiger partial charge < -0.3 is 21.5 Å². The van der Waals surface area contributed by atoms with Crippen molar-refractivity contribution in [1.82, 2.24) is 0 Å². The summed E-state index contributed by atoms with van der Waals surface area (Å²) < 4.78 is 1.22. The van der Waals surface area contributed by atoms with E-state index in [0.29, 0.717) is 0 Å². The monoisotopic (exact) mass is 351 g/mol. The first-order valence-electron chi connectivity index (χ1n) is 3.32. The van der Waals surface area contributed by atoms with Gasteiger partial charge in [-0.05, 0) is 6.92 Å². The lowest BCUT2D eigenvalue weighted by Gasteiger charge is -2.31. The topological polar surface area (TPSA) is 0 Å². The van der Waals surface area contributed by atoms with E-state index in [4.69, 9.17) is 0 Å². The summed E-state index contributed by atoms with van der Waals surface area (Å²) in [5.74, 6) is 0. The second-order valence-corrected chi connectivity index (χ2v) is 6.47. The van der Waals surface area contributed by atoms with Gasteiger partial charge in [0.25, 0.3) is 0 Å². The summed E-state index contributed by atoms with van der Waals surface area (Å²) in [4.78, 5) is 0. The van der Waals surface area contributed by atoms with E-state index in [0.717, 1.165) is 16.4 Å². The van der Waals surface area contributed by atoms with Crippen LogP contribution in [-0.4, -0.2) is 41.8 Å². The molecule has 0 aliphatic heterocycles. The fourth-order valence-electron chi connectivity index (χ4n) is 1.03. The van der Waals surface area contributed by atoms with Crippen LogP contribution in [0.15, 0.2) is 0 Å². The second-order valence-electron chi connectivity index (χ2n) is 4.00. The van der Waals surface area contributed by atoms with E-state index in [-0.39, 0.29) is 21.3 Å². The van der Waals surface area contributed by atoms with Gasteiger partial charge in [-0.25, -0.2) is 0 Å². The van der Waals surface area contributed by atoms with E-state index in [1.165, 1.54) is 0 Å². The quantitative estimate of drug-likeness (QED) is 0.462. The van der Waals surface area contributed by atoms with Gasteiger partial charge in [-0.15, -0.1) is 0 Å². The highest BCUT2D eigenvalue weighted by Crippen LogP contribution is 2.22. The van der Waals surface area contributed by atoms with Crippen molar-refractivity contribution in [3.63, 3.8) is 0 Å². The summed E-state index contributed by atoms with van der Waals surface area (Å²) in [5, 5.41) is 0.996. The van der Waals surface area contributed by atoms with E-state index in [1.807, 2.05) is 0 Å². The Morgan fingerprint density at radius 1 is 1.27 bits per heavy atom. The normalized spacial score (nSPS) is 16.9. The predicted octanol–water partition coefficient (Wildman–Crippen LogP) is -0.755. The van der Waals surface area contributed by atoms with Gasteiger partial charge in [-0.3, -0.25) is 0 Å². The van der Waals surface area contributed by atoms with E-state index >= 15 is 0 Å². The van der Waals surface area contributed by atoms with Gasteiger partial charge in [-0.1, -0.05) is 31.9 Å². The molecule has 11 heavy (non-hydrogen) atoms. The minimum Gasteiger partial charge on any atom is -1.00 e. The first kappa shape index (κ1) is 14.9. The number of alkyl halides is 2. The van der Waals surface area contributed by atoms with Gasteiger partial charge in [-0.2, -0.15) is 0 Å². The summed E-state index contributed by atoms with van der Waals surface area (Å²) in [6.07, 6.45) is 0. The van der Waals surface area contributed by atoms with Gasteiger partial charge in [0, 0.05) is 5.33 Å². The van der Waals surface area contributed by atoms with E-state index in [2.05, 4.69) is 59.9 Å². The number of hydrogen-bond donors (Lipinski definition) is 0. The van der Waals surface area contributed by atoms with Crippen LogP contribution in [0.5, 0.6) is 0 Å². The molecule has 0 aliphatic carbocycles. The molecule has 0 aromatic rings. The minimum absolute atomic E-state index is 0. The van der Waals surface area contributed by atoms with E-state index < -0.39 is 0 Å². The van der Waals surface area contributed by atoms with Crippen molar-refractivity contribution in [3.05, 3.63) is 0 Å². The Labute approximate surface area is 97.1 Å². The molecule has 1 unspecified atom stereocenters. The number of rotatable bonds is 3. The number of halogens is 3. The van der Waals surface area contributed by atoms with Crippen molar-refractivity contribution in [2.24, 2.45) is 0 Å². The highest BCUT2D eigenvalue weighted by molar-refractivity contribution is 9.12. The molecule has 0 heterocycles. The zero-order chi connectivity index (χ0) is 8.41. The molecule has 0 fully saturated rings. The summed E-state index contributed by atoms with van der Waals surface area (Å²) in [7, 11) is 6.59. The Morgan fingerprint density at radius 2 is 1.64 bits per heavy atom. The summed E-state index contributed by atoms with van der Waals surface area (Å²) in [6, 6.07) is 0. The van der Waals surface area contributed by atoms with Crippen LogP contribution in [0.1, 0.15) is 6.92 Å². The number of hydrogen-bond acceptors (Lipinski definition) is 0. The molecule has 0 spiro atoms. The smallest absolute Gasteiger partial charge is 0.0941 e. The zero-order valence-corrected chi connectivity index (χ0v) is 12.3. The van der Waals surface area contributed by atoms with Crippen molar-refractivity contribution >= 4 is 31.9 Å². The van der Waals surface area contributed by atoms with Crippen LogP contribution < -0.4 is 17.0 Å². The molecule has 1 nitrogen and oxygen atoms in total. The molecule has 0 N–H and O–H groups in total. The maximum Gasteiger partial charge on any atom is 0.0941 e. The molecule has 4 heteroatoms. The van der Waals surface area contributed by atoms with Crippen LogP contribution in [-0.2, 0) is 0 Å². The third-order valence-electron chi connectivity index (χ3n) is 1.08. The van der Waals surface area contributed by atoms with Crippen molar-refractivity contribution in [2.45, 2.75) is 11.2 Å². The minimum atomic E-state index is 0. The molecule has 0 rings (SSSR count). The third-order valence-corrected chi connectivity index (χ3v) is 3.60. The standard InChI is InChI=1S/C7H16Br2N.BrH/c1-7(9,5-8)6-10(2,3)4;/h5-6H2,1-4H3;1H/q+1;/p-1. The summed E-state index contributed by atoms with van der Waals surface area (Å²) >= 11 is 7.12. The molecular weight excluding hydrogens is 338 g/mol. The molecule has 0 amide bonds. The van der Waals surface area contributed by atoms with Crippen LogP contribution in [0.3, 0.4) is 0 Å². The lowest BCUT2D eigenvalue weighted by Crippen LogP contribution is -3.00. The molecular formula is C7H16Br3N. The molecule has 0 aromatic heterocycles. The average Bonchev–Trinajstić information content (AvgIpc) is 1.60. The fraction of sp³-hybridized carbons (Fsp3) is 1.00. The summed E-state index contributed by atoms with van der Waals surface area (Å²) in [5.41, 5.74) is 0. The molecule has 0 aromatic carbocycles. The first-order valence-corrected chi connectivity index (χ1v) is 5.24. The van der Waals surface area contributed by atoms with Crippen LogP contribution >= 0.6 is 31.9 Å². The molecule has 0 saturated carbocycles. The Morgan fingerprint density at radius 3 is 1.73 bits per heavy atom. The van der Waals surface area contributed by atoms with Gasteiger partial charge in [0.2, 0.25) is 0 Å². The maximum absolute atomic E-state index is 3.65. The lowest BCUT2D eigenvalue weighted by molar-refractivity contribution is -0.871. The van der Waals surface area contributed by atoms with Gasteiger partial charge >= 0.3 is 0 Å². The molecule has 0 aliphatic rings. The zero-order valence-electron chi connectivity index (χ0n) is 7.50. The Bertz CT molecular complexity index is 107. The van der Waals surface area contributed by atoms with Crippen LogP contribution in [0.4, 0.5) is 0 Å². The second kappa shape index (κ2) is 5.20. The lowest BCUT2D eigenvalue weighted by atomic mass is 10.2. The van der Waals surface area contributed by atoms with Crippen LogP contribution in [0.25, 0.3) is 0 Å². The molecule has 1 atom stereocenters. The van der Waals surface area contributed by atoms with Gasteiger partial charge in [0.05, 0.1) is 32.0 Å².